The number of rotatable bonds is 2. The summed E-state index contributed by atoms with van der Waals surface area (Å²) in [5, 5.41) is 0. The molecule has 0 spiro atoms. The number of halogens is 4. The van der Waals surface area contributed by atoms with Gasteiger partial charge in [-0.25, -0.2) is 0 Å². The van der Waals surface area contributed by atoms with Gasteiger partial charge in [-0.05, 0) is 27.7 Å². The summed E-state index contributed by atoms with van der Waals surface area (Å²) in [5.41, 5.74) is 0. The maximum Gasteiger partial charge on any atom is 1.00 e. The number of hydrogen-bond acceptors (Lipinski definition) is 2. The minimum atomic E-state index is -6.00. The van der Waals surface area contributed by atoms with Crippen LogP contribution >= 0.6 is 0 Å². The van der Waals surface area contributed by atoms with E-state index >= 15 is 0 Å². The first-order valence-electron chi connectivity index (χ1n) is 5.18. The molecule has 16 heavy (non-hydrogen) atoms. The molecule has 1 aliphatic rings. The summed E-state index contributed by atoms with van der Waals surface area (Å²) in [7, 11) is -6.00. The molecule has 0 bridgehead atoms. The molecular weight excluding hydrogens is 223 g/mol. The van der Waals surface area contributed by atoms with Crippen molar-refractivity contribution in [1.82, 2.24) is 9.80 Å². The summed E-state index contributed by atoms with van der Waals surface area (Å²) >= 11 is 0. The van der Waals surface area contributed by atoms with Crippen LogP contribution in [0, 0.1) is 0 Å². The van der Waals surface area contributed by atoms with E-state index < -0.39 is 7.25 Å². The Bertz CT molecular complexity index is 212. The van der Waals surface area contributed by atoms with Crippen molar-refractivity contribution < 1.29 is 18.7 Å². The number of nitrogens with zero attached hydrogens (tertiary/aromatic N) is 2. The Labute approximate surface area is 95.5 Å². The average Bonchev–Trinajstić information content (AvgIpc) is 2.47. The van der Waals surface area contributed by atoms with E-state index in [1.165, 1.54) is 0 Å². The molecule has 1 heterocycles. The fourth-order valence-corrected chi connectivity index (χ4v) is 1.12. The molecule has 0 N–H and O–H groups in total. The second-order valence-electron chi connectivity index (χ2n) is 4.15. The molecule has 2 nitrogen and oxygen atoms in total. The van der Waals surface area contributed by atoms with Crippen LogP contribution in [0.4, 0.5) is 17.3 Å². The highest BCUT2D eigenvalue weighted by molar-refractivity contribution is 6.50. The summed E-state index contributed by atoms with van der Waals surface area (Å²) in [6.45, 7) is 9.92. The maximum absolute atomic E-state index is 9.75. The van der Waals surface area contributed by atoms with Gasteiger partial charge >= 0.3 is 8.68 Å². The van der Waals surface area contributed by atoms with Gasteiger partial charge in [-0.3, -0.25) is 0 Å². The van der Waals surface area contributed by atoms with Crippen molar-refractivity contribution in [2.75, 3.05) is 6.67 Å². The SMILES string of the molecule is CC(C)N1C=CN(C(C)C)C1.F[B-](F)(F)F.[H+]. The molecule has 0 aromatic carbocycles. The smallest absolute Gasteiger partial charge is 0.418 e. The zero-order chi connectivity index (χ0) is 12.9. The Morgan fingerprint density at radius 1 is 0.938 bits per heavy atom. The molecule has 1 rings (SSSR count). The van der Waals surface area contributed by atoms with Crippen LogP contribution in [-0.2, 0) is 0 Å². The fourth-order valence-electron chi connectivity index (χ4n) is 1.12. The van der Waals surface area contributed by atoms with Crippen LogP contribution in [0.2, 0.25) is 0 Å². The van der Waals surface area contributed by atoms with E-state index in [0.29, 0.717) is 12.1 Å². The van der Waals surface area contributed by atoms with E-state index in [0.717, 1.165) is 6.67 Å². The van der Waals surface area contributed by atoms with Crippen molar-refractivity contribution in [3.63, 3.8) is 0 Å². The van der Waals surface area contributed by atoms with Crippen LogP contribution in [0.25, 0.3) is 0 Å². The molecular formula is C9H19BF4N2. The Kier molecular flexibility index (Phi) is 5.68. The lowest BCUT2D eigenvalue weighted by atomic mass is 10.3. The quantitative estimate of drug-likeness (QED) is 0.541. The summed E-state index contributed by atoms with van der Waals surface area (Å²) in [5.74, 6) is 0. The molecule has 0 saturated carbocycles. The van der Waals surface area contributed by atoms with Gasteiger partial charge in [0.1, 0.15) is 0 Å². The molecule has 0 amide bonds. The highest BCUT2D eigenvalue weighted by Gasteiger charge is 2.20. The van der Waals surface area contributed by atoms with Crippen LogP contribution < -0.4 is 0 Å². The summed E-state index contributed by atoms with van der Waals surface area (Å²) < 4.78 is 39.0. The molecule has 0 fully saturated rings. The van der Waals surface area contributed by atoms with E-state index in [-0.39, 0.29) is 1.43 Å². The van der Waals surface area contributed by atoms with Gasteiger partial charge in [0.2, 0.25) is 0 Å². The topological polar surface area (TPSA) is 6.48 Å². The van der Waals surface area contributed by atoms with Crippen LogP contribution in [-0.4, -0.2) is 35.8 Å². The first kappa shape index (κ1) is 15.1. The van der Waals surface area contributed by atoms with E-state index in [4.69, 9.17) is 0 Å². The van der Waals surface area contributed by atoms with Crippen molar-refractivity contribution in [2.45, 2.75) is 39.8 Å². The minimum Gasteiger partial charge on any atom is -0.418 e. The van der Waals surface area contributed by atoms with Gasteiger partial charge < -0.3 is 27.1 Å². The fraction of sp³-hybridized carbons (Fsp3) is 0.778. The largest absolute Gasteiger partial charge is 1.00 e. The van der Waals surface area contributed by atoms with Crippen molar-refractivity contribution in [2.24, 2.45) is 0 Å². The summed E-state index contributed by atoms with van der Waals surface area (Å²) in [4.78, 5) is 4.67. The monoisotopic (exact) mass is 242 g/mol. The Balaban J connectivity index is 0. The number of hydrogen-bond donors (Lipinski definition) is 0. The van der Waals surface area contributed by atoms with Crippen molar-refractivity contribution in [3.05, 3.63) is 12.4 Å². The molecule has 96 valence electrons. The molecule has 7 heteroatoms. The van der Waals surface area contributed by atoms with Crippen LogP contribution in [0.5, 0.6) is 0 Å². The average molecular weight is 242 g/mol. The molecule has 0 atom stereocenters. The lowest BCUT2D eigenvalue weighted by Gasteiger charge is -2.26. The van der Waals surface area contributed by atoms with Gasteiger partial charge in [-0.1, -0.05) is 0 Å². The van der Waals surface area contributed by atoms with Crippen LogP contribution in [0.3, 0.4) is 0 Å². The first-order chi connectivity index (χ1) is 7.11. The maximum atomic E-state index is 9.75. The van der Waals surface area contributed by atoms with Gasteiger partial charge in [-0.15, -0.1) is 0 Å². The van der Waals surface area contributed by atoms with E-state index in [1.807, 2.05) is 0 Å². The van der Waals surface area contributed by atoms with Gasteiger partial charge in [0, 0.05) is 24.5 Å². The van der Waals surface area contributed by atoms with Gasteiger partial charge in [0.05, 0.1) is 6.67 Å². The van der Waals surface area contributed by atoms with E-state index in [9.17, 15) is 17.3 Å². The third-order valence-electron chi connectivity index (χ3n) is 2.10. The zero-order valence-electron chi connectivity index (χ0n) is 11.0. The molecule has 1 aliphatic heterocycles. The van der Waals surface area contributed by atoms with Crippen LogP contribution in [0.1, 0.15) is 29.1 Å². The van der Waals surface area contributed by atoms with Gasteiger partial charge in [-0.2, -0.15) is 0 Å². The summed E-state index contributed by atoms with van der Waals surface area (Å²) in [6, 6.07) is 1.24. The Morgan fingerprint density at radius 3 is 1.31 bits per heavy atom. The Hall–Kier alpha value is -0.875. The van der Waals surface area contributed by atoms with Crippen molar-refractivity contribution in [3.8, 4) is 0 Å². The molecule has 0 aromatic heterocycles. The second-order valence-corrected chi connectivity index (χ2v) is 4.15. The lowest BCUT2D eigenvalue weighted by Crippen LogP contribution is -2.33. The normalized spacial score (nSPS) is 15.9. The third kappa shape index (κ3) is 7.42. The predicted molar refractivity (Wildman–Crippen MR) is 59.3 cm³/mol. The van der Waals surface area contributed by atoms with Gasteiger partial charge in [0.15, 0.2) is 0 Å². The zero-order valence-corrected chi connectivity index (χ0v) is 10.0. The predicted octanol–water partition coefficient (Wildman–Crippen LogP) is 3.26. The molecule has 0 aliphatic carbocycles. The highest BCUT2D eigenvalue weighted by atomic mass is 19.5. The van der Waals surface area contributed by atoms with Crippen molar-refractivity contribution in [1.29, 1.82) is 0 Å². The second kappa shape index (κ2) is 6.01. The molecule has 0 radical (unpaired) electrons. The van der Waals surface area contributed by atoms with E-state index in [1.54, 1.807) is 0 Å². The Morgan fingerprint density at radius 2 is 1.19 bits per heavy atom. The standard InChI is InChI=1S/C9H18N2.BF4/c1-8(2)10-5-6-11(7-10)9(3)4;2-1(3,4)5/h5-6,8-9H,7H2,1-4H3;/q;-1/p+1. The molecule has 0 saturated heterocycles. The van der Waals surface area contributed by atoms with Crippen LogP contribution in [0.15, 0.2) is 12.4 Å². The summed E-state index contributed by atoms with van der Waals surface area (Å²) in [6.07, 6.45) is 4.34. The lowest BCUT2D eigenvalue weighted by molar-refractivity contribution is 0.204. The minimum absolute atomic E-state index is 0. The van der Waals surface area contributed by atoms with Crippen molar-refractivity contribution >= 4 is 7.25 Å². The third-order valence-corrected chi connectivity index (χ3v) is 2.10. The molecule has 0 unspecified atom stereocenters. The molecule has 0 aromatic rings. The highest BCUT2D eigenvalue weighted by Crippen LogP contribution is 2.12. The van der Waals surface area contributed by atoms with E-state index in [2.05, 4.69) is 49.9 Å². The first-order valence-corrected chi connectivity index (χ1v) is 5.18. The van der Waals surface area contributed by atoms with Gasteiger partial charge in [0.25, 0.3) is 0 Å².